The first-order valence-electron chi connectivity index (χ1n) is 6.70. The Morgan fingerprint density at radius 2 is 1.90 bits per heavy atom. The van der Waals surface area contributed by atoms with E-state index in [1.807, 2.05) is 13.8 Å². The fourth-order valence-electron chi connectivity index (χ4n) is 2.05. The molecule has 0 spiro atoms. The number of rotatable bonds is 6. The van der Waals surface area contributed by atoms with Gasteiger partial charge in [0.1, 0.15) is 0 Å². The smallest absolute Gasteiger partial charge is 0.379 e. The molecule has 0 aromatic heterocycles. The molecule has 1 atom stereocenters. The van der Waals surface area contributed by atoms with E-state index in [2.05, 4.69) is 21.2 Å². The van der Waals surface area contributed by atoms with Gasteiger partial charge in [-0.1, -0.05) is 22.0 Å². The number of ether oxygens (including phenoxy) is 1. The van der Waals surface area contributed by atoms with E-state index in [0.717, 1.165) is 6.42 Å². The second-order valence-electron chi connectivity index (χ2n) is 5.58. The van der Waals surface area contributed by atoms with Gasteiger partial charge >= 0.3 is 6.18 Å². The zero-order valence-corrected chi connectivity index (χ0v) is 14.2. The van der Waals surface area contributed by atoms with E-state index in [-0.39, 0.29) is 16.1 Å². The van der Waals surface area contributed by atoms with Crippen LogP contribution in [0, 0.1) is 0 Å². The van der Waals surface area contributed by atoms with Crippen molar-refractivity contribution in [2.45, 2.75) is 44.5 Å². The molecule has 21 heavy (non-hydrogen) atoms. The van der Waals surface area contributed by atoms with Gasteiger partial charge in [-0.25, -0.2) is 0 Å². The molecule has 120 valence electrons. The lowest BCUT2D eigenvalue weighted by molar-refractivity contribution is -0.138. The van der Waals surface area contributed by atoms with Crippen molar-refractivity contribution in [3.05, 3.63) is 33.8 Å². The Morgan fingerprint density at radius 3 is 2.38 bits per heavy atom. The predicted molar refractivity (Wildman–Crippen MR) is 81.3 cm³/mol. The number of hydrogen-bond acceptors (Lipinski definition) is 2. The maximum Gasteiger partial charge on any atom is 0.417 e. The molecule has 1 unspecified atom stereocenters. The minimum atomic E-state index is -4.36. The fourth-order valence-corrected chi connectivity index (χ4v) is 2.52. The first kappa shape index (κ1) is 18.5. The molecule has 0 fully saturated rings. The Hall–Kier alpha value is -0.590. The first-order valence-corrected chi connectivity index (χ1v) is 7.49. The molecule has 1 aromatic carbocycles. The van der Waals surface area contributed by atoms with E-state index in [1.54, 1.807) is 20.2 Å². The number of hydrogen-bond donors (Lipinski definition) is 1. The van der Waals surface area contributed by atoms with E-state index >= 15 is 0 Å². The van der Waals surface area contributed by atoms with Gasteiger partial charge in [-0.2, -0.15) is 13.2 Å². The maximum absolute atomic E-state index is 13.0. The Morgan fingerprint density at radius 1 is 1.29 bits per heavy atom. The van der Waals surface area contributed by atoms with E-state index < -0.39 is 11.7 Å². The Bertz CT molecular complexity index is 474. The van der Waals surface area contributed by atoms with Crippen molar-refractivity contribution in [3.63, 3.8) is 0 Å². The van der Waals surface area contributed by atoms with Gasteiger partial charge in [0.2, 0.25) is 0 Å². The third-order valence-corrected chi connectivity index (χ3v) is 4.33. The van der Waals surface area contributed by atoms with Gasteiger partial charge in [-0.15, -0.1) is 0 Å². The van der Waals surface area contributed by atoms with Gasteiger partial charge in [0.15, 0.2) is 0 Å². The average Bonchev–Trinajstić information content (AvgIpc) is 2.39. The lowest BCUT2D eigenvalue weighted by Gasteiger charge is -2.26. The minimum absolute atomic E-state index is 0.0609. The van der Waals surface area contributed by atoms with Crippen LogP contribution in [0.5, 0.6) is 0 Å². The zero-order valence-electron chi connectivity index (χ0n) is 12.6. The standard InChI is InChI=1S/C15H21BrF3NO/c1-14(2,21-4)8-7-13(20-3)10-5-6-12(16)11(9-10)15(17,18)19/h5-6,9,13,20H,7-8H2,1-4H3. The van der Waals surface area contributed by atoms with Crippen molar-refractivity contribution in [3.8, 4) is 0 Å². The molecule has 0 aliphatic heterocycles. The lowest BCUT2D eigenvalue weighted by Crippen LogP contribution is -2.26. The summed E-state index contributed by atoms with van der Waals surface area (Å²) >= 11 is 2.96. The minimum Gasteiger partial charge on any atom is -0.379 e. The van der Waals surface area contributed by atoms with Crippen LogP contribution in [0.4, 0.5) is 13.2 Å². The topological polar surface area (TPSA) is 21.3 Å². The van der Waals surface area contributed by atoms with Crippen LogP contribution in [0.15, 0.2) is 22.7 Å². The molecule has 0 saturated carbocycles. The second-order valence-corrected chi connectivity index (χ2v) is 6.44. The number of alkyl halides is 3. The molecule has 0 aliphatic rings. The monoisotopic (exact) mass is 367 g/mol. The predicted octanol–water partition coefficient (Wildman–Crippen LogP) is 4.93. The quantitative estimate of drug-likeness (QED) is 0.769. The van der Waals surface area contributed by atoms with E-state index in [1.165, 1.54) is 12.1 Å². The molecule has 2 nitrogen and oxygen atoms in total. The molecule has 6 heteroatoms. The summed E-state index contributed by atoms with van der Waals surface area (Å²) in [4.78, 5) is 0. The van der Waals surface area contributed by atoms with Crippen LogP contribution in [0.3, 0.4) is 0 Å². The molecular formula is C15H21BrF3NO. The van der Waals surface area contributed by atoms with Gasteiger partial charge in [-0.05, 0) is 51.4 Å². The van der Waals surface area contributed by atoms with Crippen molar-refractivity contribution < 1.29 is 17.9 Å². The number of methoxy groups -OCH3 is 1. The SMILES string of the molecule is CNC(CCC(C)(C)OC)c1ccc(Br)c(C(F)(F)F)c1. The van der Waals surface area contributed by atoms with Crippen LogP contribution < -0.4 is 5.32 Å². The summed E-state index contributed by atoms with van der Waals surface area (Å²) < 4.78 is 44.3. The van der Waals surface area contributed by atoms with Crippen LogP contribution in [0.25, 0.3) is 0 Å². The number of benzene rings is 1. The lowest BCUT2D eigenvalue weighted by atomic mass is 9.94. The highest BCUT2D eigenvalue weighted by molar-refractivity contribution is 9.10. The van der Waals surface area contributed by atoms with Crippen molar-refractivity contribution in [1.82, 2.24) is 5.32 Å². The first-order chi connectivity index (χ1) is 9.60. The molecule has 0 bridgehead atoms. The van der Waals surface area contributed by atoms with Gasteiger partial charge in [-0.3, -0.25) is 0 Å². The van der Waals surface area contributed by atoms with Gasteiger partial charge < -0.3 is 10.1 Å². The fraction of sp³-hybridized carbons (Fsp3) is 0.600. The van der Waals surface area contributed by atoms with Crippen molar-refractivity contribution >= 4 is 15.9 Å². The van der Waals surface area contributed by atoms with Crippen LogP contribution >= 0.6 is 15.9 Å². The molecule has 0 radical (unpaired) electrons. The molecular weight excluding hydrogens is 347 g/mol. The van der Waals surface area contributed by atoms with E-state index in [4.69, 9.17) is 4.74 Å². The van der Waals surface area contributed by atoms with Gasteiger partial charge in [0, 0.05) is 17.6 Å². The van der Waals surface area contributed by atoms with E-state index in [9.17, 15) is 13.2 Å². The summed E-state index contributed by atoms with van der Waals surface area (Å²) in [6, 6.07) is 4.21. The van der Waals surface area contributed by atoms with Crippen LogP contribution in [-0.4, -0.2) is 19.8 Å². The summed E-state index contributed by atoms with van der Waals surface area (Å²) in [6.07, 6.45) is -2.93. The normalized spacial score (nSPS) is 14.3. The highest BCUT2D eigenvalue weighted by atomic mass is 79.9. The third-order valence-electron chi connectivity index (χ3n) is 3.63. The van der Waals surface area contributed by atoms with Crippen LogP contribution in [0.1, 0.15) is 43.9 Å². The molecule has 1 N–H and O–H groups in total. The highest BCUT2D eigenvalue weighted by Gasteiger charge is 2.33. The van der Waals surface area contributed by atoms with Gasteiger partial charge in [0.05, 0.1) is 11.2 Å². The zero-order chi connectivity index (χ0) is 16.3. The average molecular weight is 368 g/mol. The summed E-state index contributed by atoms with van der Waals surface area (Å²) in [7, 11) is 3.38. The van der Waals surface area contributed by atoms with Crippen molar-refractivity contribution in [2.75, 3.05) is 14.2 Å². The van der Waals surface area contributed by atoms with Crippen molar-refractivity contribution in [2.24, 2.45) is 0 Å². The van der Waals surface area contributed by atoms with E-state index in [0.29, 0.717) is 12.0 Å². The molecule has 0 amide bonds. The summed E-state index contributed by atoms with van der Waals surface area (Å²) in [5.74, 6) is 0. The second kappa shape index (κ2) is 7.11. The Labute approximate surface area is 132 Å². The molecule has 0 heterocycles. The molecule has 1 rings (SSSR count). The number of nitrogens with one attached hydrogen (secondary N) is 1. The van der Waals surface area contributed by atoms with Crippen molar-refractivity contribution in [1.29, 1.82) is 0 Å². The summed E-state index contributed by atoms with van der Waals surface area (Å²) in [5.41, 5.74) is -0.316. The maximum atomic E-state index is 13.0. The van der Waals surface area contributed by atoms with Gasteiger partial charge in [0.25, 0.3) is 0 Å². The Balaban J connectivity index is 2.97. The highest BCUT2D eigenvalue weighted by Crippen LogP contribution is 2.37. The third kappa shape index (κ3) is 5.27. The Kier molecular flexibility index (Phi) is 6.25. The summed E-state index contributed by atoms with van der Waals surface area (Å²) in [5, 5.41) is 3.07. The largest absolute Gasteiger partial charge is 0.417 e. The number of halogens is 4. The van der Waals surface area contributed by atoms with Crippen LogP contribution in [0.2, 0.25) is 0 Å². The molecule has 0 saturated heterocycles. The molecule has 0 aliphatic carbocycles. The van der Waals surface area contributed by atoms with Crippen LogP contribution in [-0.2, 0) is 10.9 Å². The summed E-state index contributed by atoms with van der Waals surface area (Å²) in [6.45, 7) is 3.92. The molecule has 1 aromatic rings.